The number of hydrogen-bond donors (Lipinski definition) is 1. The molecule has 1 aromatic heterocycles. The highest BCUT2D eigenvalue weighted by Crippen LogP contribution is 2.22. The molecule has 0 saturated heterocycles. The fourth-order valence-electron chi connectivity index (χ4n) is 1.75. The first-order chi connectivity index (χ1) is 10.3. The zero-order valence-corrected chi connectivity index (χ0v) is 12.1. The molecule has 0 aliphatic carbocycles. The number of nitrogens with zero attached hydrogens (tertiary/aromatic N) is 3. The van der Waals surface area contributed by atoms with Crippen molar-refractivity contribution in [2.24, 2.45) is 0 Å². The van der Waals surface area contributed by atoms with E-state index in [9.17, 15) is 21.6 Å². The summed E-state index contributed by atoms with van der Waals surface area (Å²) in [6, 6.07) is 6.30. The van der Waals surface area contributed by atoms with E-state index in [0.29, 0.717) is 5.69 Å². The van der Waals surface area contributed by atoms with Crippen LogP contribution in [0, 0.1) is 0 Å². The second-order valence-corrected chi connectivity index (χ2v) is 6.38. The number of hydrogen-bond acceptors (Lipinski definition) is 4. The molecule has 0 unspecified atom stereocenters. The smallest absolute Gasteiger partial charge is 0.283 e. The maximum absolute atomic E-state index is 12.0. The molecule has 120 valence electrons. The van der Waals surface area contributed by atoms with Crippen LogP contribution >= 0.6 is 0 Å². The SMILES string of the molecule is O=S(=O)(CCCC(F)(F)F)Nc1cccc(-n2ccnn2)c1. The van der Waals surface area contributed by atoms with Crippen LogP contribution in [-0.4, -0.2) is 35.3 Å². The van der Waals surface area contributed by atoms with Gasteiger partial charge in [0.15, 0.2) is 0 Å². The van der Waals surface area contributed by atoms with Gasteiger partial charge in [0.2, 0.25) is 10.0 Å². The lowest BCUT2D eigenvalue weighted by molar-refractivity contribution is -0.134. The first-order valence-electron chi connectivity index (χ1n) is 6.29. The molecule has 0 fully saturated rings. The third-order valence-corrected chi connectivity index (χ3v) is 4.05. The summed E-state index contributed by atoms with van der Waals surface area (Å²) in [6.07, 6.45) is -2.93. The molecule has 0 aliphatic rings. The van der Waals surface area contributed by atoms with Crippen molar-refractivity contribution in [3.63, 3.8) is 0 Å². The van der Waals surface area contributed by atoms with Crippen LogP contribution < -0.4 is 4.72 Å². The van der Waals surface area contributed by atoms with Crippen molar-refractivity contribution >= 4 is 15.7 Å². The molecule has 0 spiro atoms. The number of alkyl halides is 3. The van der Waals surface area contributed by atoms with E-state index >= 15 is 0 Å². The average Bonchev–Trinajstić information content (AvgIpc) is 2.90. The molecule has 22 heavy (non-hydrogen) atoms. The summed E-state index contributed by atoms with van der Waals surface area (Å²) in [5.41, 5.74) is 0.827. The van der Waals surface area contributed by atoms with E-state index in [-0.39, 0.29) is 5.69 Å². The lowest BCUT2D eigenvalue weighted by Gasteiger charge is -2.10. The molecule has 10 heteroatoms. The summed E-state index contributed by atoms with van der Waals surface area (Å²) in [6.45, 7) is 0. The summed E-state index contributed by atoms with van der Waals surface area (Å²) in [5, 5.41) is 7.40. The van der Waals surface area contributed by atoms with E-state index in [0.717, 1.165) is 0 Å². The van der Waals surface area contributed by atoms with Gasteiger partial charge in [-0.2, -0.15) is 13.2 Å². The number of anilines is 1. The fourth-order valence-corrected chi connectivity index (χ4v) is 2.86. The van der Waals surface area contributed by atoms with Crippen LogP contribution in [0.4, 0.5) is 18.9 Å². The predicted octanol–water partition coefficient (Wildman–Crippen LogP) is 2.35. The number of nitrogens with one attached hydrogen (secondary N) is 1. The number of aromatic nitrogens is 3. The summed E-state index contributed by atoms with van der Waals surface area (Å²) in [7, 11) is -3.84. The van der Waals surface area contributed by atoms with Gasteiger partial charge in [0, 0.05) is 6.42 Å². The Morgan fingerprint density at radius 2 is 2.05 bits per heavy atom. The van der Waals surface area contributed by atoms with Gasteiger partial charge < -0.3 is 0 Å². The van der Waals surface area contributed by atoms with Gasteiger partial charge >= 0.3 is 6.18 Å². The van der Waals surface area contributed by atoms with E-state index in [2.05, 4.69) is 15.0 Å². The quantitative estimate of drug-likeness (QED) is 0.880. The fraction of sp³-hybridized carbons (Fsp3) is 0.333. The van der Waals surface area contributed by atoms with Crippen LogP contribution in [-0.2, 0) is 10.0 Å². The van der Waals surface area contributed by atoms with Crippen molar-refractivity contribution in [1.29, 1.82) is 0 Å². The molecule has 2 aromatic rings. The minimum Gasteiger partial charge on any atom is -0.283 e. The number of halogens is 3. The van der Waals surface area contributed by atoms with Crippen molar-refractivity contribution < 1.29 is 21.6 Å². The normalized spacial score (nSPS) is 12.3. The Balaban J connectivity index is 2.02. The molecule has 2 rings (SSSR count). The molecule has 6 nitrogen and oxygen atoms in total. The molecule has 0 aliphatic heterocycles. The summed E-state index contributed by atoms with van der Waals surface area (Å²) < 4.78 is 63.3. The van der Waals surface area contributed by atoms with E-state index in [1.807, 2.05) is 0 Å². The molecular formula is C12H13F3N4O2S. The standard InChI is InChI=1S/C12H13F3N4O2S/c13-12(14,15)5-2-8-22(20,21)17-10-3-1-4-11(9-10)19-7-6-16-18-19/h1,3-4,6-7,9,17H,2,5,8H2. The highest BCUT2D eigenvalue weighted by molar-refractivity contribution is 7.92. The van der Waals surface area contributed by atoms with E-state index in [1.165, 1.54) is 23.0 Å². The molecule has 1 aromatic carbocycles. The van der Waals surface area contributed by atoms with Gasteiger partial charge in [-0.3, -0.25) is 4.72 Å². The Labute approximate surface area is 125 Å². The van der Waals surface area contributed by atoms with Gasteiger partial charge in [-0.1, -0.05) is 11.3 Å². The Hall–Kier alpha value is -2.10. The van der Waals surface area contributed by atoms with Gasteiger partial charge in [-0.15, -0.1) is 5.10 Å². The summed E-state index contributed by atoms with van der Waals surface area (Å²) >= 11 is 0. The van der Waals surface area contributed by atoms with Crippen LogP contribution in [0.1, 0.15) is 12.8 Å². The average molecular weight is 334 g/mol. The van der Waals surface area contributed by atoms with Gasteiger partial charge in [-0.05, 0) is 24.6 Å². The molecule has 0 bridgehead atoms. The number of benzene rings is 1. The zero-order valence-electron chi connectivity index (χ0n) is 11.3. The lowest BCUT2D eigenvalue weighted by Crippen LogP contribution is -2.19. The third kappa shape index (κ3) is 5.02. The van der Waals surface area contributed by atoms with Crippen molar-refractivity contribution in [2.45, 2.75) is 19.0 Å². The van der Waals surface area contributed by atoms with Gasteiger partial charge in [0.25, 0.3) is 0 Å². The Bertz CT molecular complexity index is 714. The number of sulfonamides is 1. The highest BCUT2D eigenvalue weighted by Gasteiger charge is 2.27. The minimum atomic E-state index is -4.36. The molecule has 0 radical (unpaired) electrons. The van der Waals surface area contributed by atoms with Crippen molar-refractivity contribution in [3.05, 3.63) is 36.7 Å². The summed E-state index contributed by atoms with van der Waals surface area (Å²) in [5.74, 6) is -0.597. The van der Waals surface area contributed by atoms with Crippen molar-refractivity contribution in [2.75, 3.05) is 10.5 Å². The Kier molecular flexibility index (Phi) is 4.69. The third-order valence-electron chi connectivity index (χ3n) is 2.68. The summed E-state index contributed by atoms with van der Waals surface area (Å²) in [4.78, 5) is 0. The second-order valence-electron chi connectivity index (χ2n) is 4.54. The van der Waals surface area contributed by atoms with Gasteiger partial charge in [-0.25, -0.2) is 13.1 Å². The molecule has 0 amide bonds. The van der Waals surface area contributed by atoms with Crippen molar-refractivity contribution in [3.8, 4) is 5.69 Å². The number of rotatable bonds is 6. The van der Waals surface area contributed by atoms with E-state index in [4.69, 9.17) is 0 Å². The Morgan fingerprint density at radius 3 is 2.68 bits per heavy atom. The maximum atomic E-state index is 12.0. The molecule has 1 heterocycles. The molecular weight excluding hydrogens is 321 g/mol. The molecule has 0 saturated carbocycles. The predicted molar refractivity (Wildman–Crippen MR) is 74.1 cm³/mol. The first-order valence-corrected chi connectivity index (χ1v) is 7.94. The van der Waals surface area contributed by atoms with Crippen LogP contribution in [0.25, 0.3) is 5.69 Å². The van der Waals surface area contributed by atoms with E-state index in [1.54, 1.807) is 18.3 Å². The van der Waals surface area contributed by atoms with Gasteiger partial charge in [0.1, 0.15) is 0 Å². The van der Waals surface area contributed by atoms with E-state index < -0.39 is 34.8 Å². The van der Waals surface area contributed by atoms with Crippen LogP contribution in [0.5, 0.6) is 0 Å². The Morgan fingerprint density at radius 1 is 1.27 bits per heavy atom. The second kappa shape index (κ2) is 6.34. The molecule has 0 atom stereocenters. The van der Waals surface area contributed by atoms with Crippen LogP contribution in [0.3, 0.4) is 0 Å². The zero-order chi connectivity index (χ0) is 16.2. The lowest BCUT2D eigenvalue weighted by atomic mass is 10.3. The highest BCUT2D eigenvalue weighted by atomic mass is 32.2. The maximum Gasteiger partial charge on any atom is 0.389 e. The monoisotopic (exact) mass is 334 g/mol. The minimum absolute atomic E-state index is 0.250. The van der Waals surface area contributed by atoms with Gasteiger partial charge in [0.05, 0.1) is 29.5 Å². The first kappa shape index (κ1) is 16.3. The topological polar surface area (TPSA) is 76.9 Å². The van der Waals surface area contributed by atoms with Crippen molar-refractivity contribution in [1.82, 2.24) is 15.0 Å². The van der Waals surface area contributed by atoms with Crippen LogP contribution in [0.15, 0.2) is 36.7 Å². The largest absolute Gasteiger partial charge is 0.389 e. The van der Waals surface area contributed by atoms with Crippen LogP contribution in [0.2, 0.25) is 0 Å². The molecule has 1 N–H and O–H groups in total.